The molecule has 0 aliphatic rings. The summed E-state index contributed by atoms with van der Waals surface area (Å²) in [5.41, 5.74) is 0.800. The maximum absolute atomic E-state index is 10.3. The van der Waals surface area contributed by atoms with Crippen LogP contribution in [0.1, 0.15) is 5.89 Å². The van der Waals surface area contributed by atoms with Crippen molar-refractivity contribution in [3.8, 4) is 17.1 Å². The zero-order chi connectivity index (χ0) is 13.7. The van der Waals surface area contributed by atoms with Gasteiger partial charge in [0.25, 0.3) is 0 Å². The first-order valence-electron chi connectivity index (χ1n) is 5.58. The Labute approximate surface area is 109 Å². The molecule has 1 heterocycles. The summed E-state index contributed by atoms with van der Waals surface area (Å²) in [4.78, 5) is 14.5. The van der Waals surface area contributed by atoms with Gasteiger partial charge in [-0.3, -0.25) is 10.1 Å². The number of carboxylic acid groups (broad SMARTS) is 1. The third kappa shape index (κ3) is 3.52. The van der Waals surface area contributed by atoms with Crippen LogP contribution in [-0.4, -0.2) is 34.9 Å². The number of rotatable bonds is 6. The normalized spacial score (nSPS) is 10.4. The number of hydrogen-bond donors (Lipinski definition) is 2. The fourth-order valence-corrected chi connectivity index (χ4v) is 1.46. The summed E-state index contributed by atoms with van der Waals surface area (Å²) >= 11 is 0. The minimum atomic E-state index is -0.935. The number of nitrogens with zero attached hydrogens (tertiary/aromatic N) is 2. The molecule has 7 heteroatoms. The SMILES string of the molecule is COc1ccc(-c2noc(CNCC(=O)O)n2)cc1. The lowest BCUT2D eigenvalue weighted by molar-refractivity contribution is -0.136. The summed E-state index contributed by atoms with van der Waals surface area (Å²) in [5.74, 6) is 0.604. The molecule has 0 aliphatic carbocycles. The highest BCUT2D eigenvalue weighted by Crippen LogP contribution is 2.19. The van der Waals surface area contributed by atoms with Crippen molar-refractivity contribution in [2.24, 2.45) is 0 Å². The summed E-state index contributed by atoms with van der Waals surface area (Å²) in [6.45, 7) is 0.0652. The Bertz CT molecular complexity index is 550. The van der Waals surface area contributed by atoms with Gasteiger partial charge in [-0.25, -0.2) is 0 Å². The van der Waals surface area contributed by atoms with Gasteiger partial charge in [-0.05, 0) is 24.3 Å². The van der Waals surface area contributed by atoms with E-state index >= 15 is 0 Å². The minimum Gasteiger partial charge on any atom is -0.497 e. The number of carbonyl (C=O) groups is 1. The van der Waals surface area contributed by atoms with Crippen LogP contribution in [-0.2, 0) is 11.3 Å². The summed E-state index contributed by atoms with van der Waals surface area (Å²) in [6, 6.07) is 7.23. The van der Waals surface area contributed by atoms with Crippen LogP contribution in [0.5, 0.6) is 5.75 Å². The van der Waals surface area contributed by atoms with E-state index in [0.717, 1.165) is 11.3 Å². The highest BCUT2D eigenvalue weighted by molar-refractivity contribution is 5.68. The second-order valence-corrected chi connectivity index (χ2v) is 3.74. The van der Waals surface area contributed by atoms with Crippen LogP contribution >= 0.6 is 0 Å². The molecule has 0 atom stereocenters. The second-order valence-electron chi connectivity index (χ2n) is 3.74. The van der Waals surface area contributed by atoms with Crippen molar-refractivity contribution in [1.82, 2.24) is 15.5 Å². The molecule has 19 heavy (non-hydrogen) atoms. The number of methoxy groups -OCH3 is 1. The van der Waals surface area contributed by atoms with E-state index in [1.807, 2.05) is 12.1 Å². The monoisotopic (exact) mass is 263 g/mol. The van der Waals surface area contributed by atoms with E-state index in [4.69, 9.17) is 14.4 Å². The zero-order valence-corrected chi connectivity index (χ0v) is 10.3. The molecule has 2 aromatic rings. The Hall–Kier alpha value is -2.41. The van der Waals surface area contributed by atoms with Crippen molar-refractivity contribution in [1.29, 1.82) is 0 Å². The predicted octanol–water partition coefficient (Wildman–Crippen LogP) is 0.919. The summed E-state index contributed by atoms with van der Waals surface area (Å²) < 4.78 is 10.1. The third-order valence-electron chi connectivity index (χ3n) is 2.37. The lowest BCUT2D eigenvalue weighted by atomic mass is 10.2. The minimum absolute atomic E-state index is 0.153. The lowest BCUT2D eigenvalue weighted by Crippen LogP contribution is -2.21. The van der Waals surface area contributed by atoms with Crippen LogP contribution in [0.3, 0.4) is 0 Å². The van der Waals surface area contributed by atoms with Crippen LogP contribution in [0.25, 0.3) is 11.4 Å². The smallest absolute Gasteiger partial charge is 0.317 e. The van der Waals surface area contributed by atoms with Crippen molar-refractivity contribution < 1.29 is 19.2 Å². The van der Waals surface area contributed by atoms with Gasteiger partial charge in [-0.1, -0.05) is 5.16 Å². The first-order valence-corrected chi connectivity index (χ1v) is 5.58. The molecule has 7 nitrogen and oxygen atoms in total. The molecule has 0 saturated heterocycles. The van der Waals surface area contributed by atoms with Gasteiger partial charge >= 0.3 is 5.97 Å². The van der Waals surface area contributed by atoms with Crippen molar-refractivity contribution in [3.05, 3.63) is 30.2 Å². The van der Waals surface area contributed by atoms with Gasteiger partial charge in [0.1, 0.15) is 5.75 Å². The number of ether oxygens (including phenoxy) is 1. The molecule has 0 aliphatic heterocycles. The average Bonchev–Trinajstić information content (AvgIpc) is 2.87. The lowest BCUT2D eigenvalue weighted by Gasteiger charge is -1.99. The summed E-state index contributed by atoms with van der Waals surface area (Å²) in [6.07, 6.45) is 0. The van der Waals surface area contributed by atoms with Gasteiger partial charge in [-0.2, -0.15) is 4.98 Å². The molecule has 0 spiro atoms. The number of benzene rings is 1. The molecular weight excluding hydrogens is 250 g/mol. The van der Waals surface area contributed by atoms with Gasteiger partial charge < -0.3 is 14.4 Å². The average molecular weight is 263 g/mol. The fraction of sp³-hybridized carbons (Fsp3) is 0.250. The standard InChI is InChI=1S/C12H13N3O4/c1-18-9-4-2-8(3-5-9)12-14-10(19-15-12)6-13-7-11(16)17/h2-5,13H,6-7H2,1H3,(H,16,17). The largest absolute Gasteiger partial charge is 0.497 e. The Morgan fingerprint density at radius 2 is 2.16 bits per heavy atom. The molecule has 0 radical (unpaired) electrons. The number of aliphatic carboxylic acids is 1. The van der Waals surface area contributed by atoms with Crippen LogP contribution in [0.2, 0.25) is 0 Å². The number of aromatic nitrogens is 2. The topological polar surface area (TPSA) is 97.5 Å². The van der Waals surface area contributed by atoms with Gasteiger partial charge in [-0.15, -0.1) is 0 Å². The number of carboxylic acids is 1. The highest BCUT2D eigenvalue weighted by atomic mass is 16.5. The predicted molar refractivity (Wildman–Crippen MR) is 65.6 cm³/mol. The van der Waals surface area contributed by atoms with Gasteiger partial charge in [0.15, 0.2) is 0 Å². The van der Waals surface area contributed by atoms with Crippen molar-refractivity contribution in [3.63, 3.8) is 0 Å². The molecule has 2 N–H and O–H groups in total. The molecule has 0 saturated carbocycles. The van der Waals surface area contributed by atoms with Crippen molar-refractivity contribution in [2.45, 2.75) is 6.54 Å². The van der Waals surface area contributed by atoms with Crippen molar-refractivity contribution >= 4 is 5.97 Å². The molecule has 2 rings (SSSR count). The van der Waals surface area contributed by atoms with Crippen LogP contribution < -0.4 is 10.1 Å². The van der Waals surface area contributed by atoms with E-state index in [1.54, 1.807) is 19.2 Å². The number of nitrogens with one attached hydrogen (secondary N) is 1. The molecule has 0 unspecified atom stereocenters. The van der Waals surface area contributed by atoms with Crippen LogP contribution in [0.4, 0.5) is 0 Å². The van der Waals surface area contributed by atoms with E-state index in [-0.39, 0.29) is 13.1 Å². The Morgan fingerprint density at radius 1 is 1.42 bits per heavy atom. The highest BCUT2D eigenvalue weighted by Gasteiger charge is 2.08. The van der Waals surface area contributed by atoms with Crippen LogP contribution in [0.15, 0.2) is 28.8 Å². The molecule has 0 amide bonds. The summed E-state index contributed by atoms with van der Waals surface area (Å²) in [7, 11) is 1.59. The van der Waals surface area contributed by atoms with E-state index in [1.165, 1.54) is 0 Å². The van der Waals surface area contributed by atoms with Gasteiger partial charge in [0.05, 0.1) is 20.2 Å². The molecule has 1 aromatic heterocycles. The van der Waals surface area contributed by atoms with E-state index in [2.05, 4.69) is 15.5 Å². The maximum Gasteiger partial charge on any atom is 0.317 e. The fourth-order valence-electron chi connectivity index (χ4n) is 1.46. The quantitative estimate of drug-likeness (QED) is 0.799. The number of hydrogen-bond acceptors (Lipinski definition) is 6. The van der Waals surface area contributed by atoms with E-state index in [9.17, 15) is 4.79 Å². The first kappa shape index (κ1) is 13.0. The van der Waals surface area contributed by atoms with E-state index in [0.29, 0.717) is 11.7 Å². The van der Waals surface area contributed by atoms with Crippen LogP contribution in [0, 0.1) is 0 Å². The molecule has 100 valence electrons. The van der Waals surface area contributed by atoms with Gasteiger partial charge in [0, 0.05) is 5.56 Å². The second kappa shape index (κ2) is 5.96. The zero-order valence-electron chi connectivity index (χ0n) is 10.3. The molecular formula is C12H13N3O4. The van der Waals surface area contributed by atoms with E-state index < -0.39 is 5.97 Å². The third-order valence-corrected chi connectivity index (χ3v) is 2.37. The Balaban J connectivity index is 2.01. The van der Waals surface area contributed by atoms with Crippen molar-refractivity contribution in [2.75, 3.05) is 13.7 Å². The van der Waals surface area contributed by atoms with Gasteiger partial charge in [0.2, 0.25) is 11.7 Å². The maximum atomic E-state index is 10.3. The Kier molecular flexibility index (Phi) is 4.09. The summed E-state index contributed by atoms with van der Waals surface area (Å²) in [5, 5.41) is 15.0. The Morgan fingerprint density at radius 3 is 2.79 bits per heavy atom. The first-order chi connectivity index (χ1) is 9.19. The molecule has 0 bridgehead atoms. The molecule has 1 aromatic carbocycles. The molecule has 0 fully saturated rings.